The lowest BCUT2D eigenvalue weighted by Crippen LogP contribution is -2.10. The summed E-state index contributed by atoms with van der Waals surface area (Å²) in [7, 11) is -3.16. The van der Waals surface area contributed by atoms with Crippen molar-refractivity contribution in [1.82, 2.24) is 9.97 Å². The molecular formula is C8H4N2O9P+. The average Bonchev–Trinajstić information content (AvgIpc) is 3.01. The van der Waals surface area contributed by atoms with Crippen molar-refractivity contribution in [2.45, 2.75) is 0 Å². The molecule has 20 heavy (non-hydrogen) atoms. The Morgan fingerprint density at radius 2 is 1.40 bits per heavy atom. The lowest BCUT2D eigenvalue weighted by atomic mass is 11.0. The molecule has 0 spiro atoms. The van der Waals surface area contributed by atoms with E-state index in [0.717, 1.165) is 12.5 Å². The number of oxazole rings is 2. The number of hydrogen-bond acceptors (Lipinski definition) is 11. The van der Waals surface area contributed by atoms with E-state index in [1.165, 1.54) is 12.4 Å². The van der Waals surface area contributed by atoms with E-state index in [9.17, 15) is 14.2 Å². The van der Waals surface area contributed by atoms with Crippen molar-refractivity contribution < 1.29 is 41.5 Å². The van der Waals surface area contributed by atoms with E-state index in [-0.39, 0.29) is 0 Å². The molecule has 2 rings (SSSR count). The van der Waals surface area contributed by atoms with Crippen molar-refractivity contribution in [2.75, 3.05) is 0 Å². The van der Waals surface area contributed by atoms with E-state index in [2.05, 4.69) is 37.3 Å². The summed E-state index contributed by atoms with van der Waals surface area (Å²) in [6, 6.07) is 0. The number of nitrogens with zero attached hydrogens (tertiary/aromatic N) is 2. The van der Waals surface area contributed by atoms with Gasteiger partial charge in [-0.15, -0.1) is 9.05 Å². The first-order valence-corrected chi connectivity index (χ1v) is 5.79. The van der Waals surface area contributed by atoms with Crippen LogP contribution in [0.4, 0.5) is 9.59 Å². The Morgan fingerprint density at radius 3 is 1.75 bits per heavy atom. The first-order valence-electron chi connectivity index (χ1n) is 4.69. The summed E-state index contributed by atoms with van der Waals surface area (Å²) in [5.41, 5.74) is 0. The van der Waals surface area contributed by atoms with Gasteiger partial charge in [0.25, 0.3) is 0 Å². The normalized spacial score (nSPS) is 9.60. The molecular weight excluding hydrogens is 299 g/mol. The minimum absolute atomic E-state index is 0.430. The second-order valence-electron chi connectivity index (χ2n) is 2.71. The number of rotatable bonds is 4. The standard InChI is InChI=1S/C8H4N2O9P/c11-7(16-5-9-1-3-14-5)18-20(13)19-8(12)17-6-10-2-4-15-6/h1-4H/q+1. The lowest BCUT2D eigenvalue weighted by Gasteiger charge is -1.92. The van der Waals surface area contributed by atoms with Crippen LogP contribution in [0, 0.1) is 0 Å². The van der Waals surface area contributed by atoms with Crippen molar-refractivity contribution in [3.05, 3.63) is 24.9 Å². The Hall–Kier alpha value is -2.94. The second-order valence-corrected chi connectivity index (χ2v) is 3.52. The van der Waals surface area contributed by atoms with Crippen molar-refractivity contribution in [3.8, 4) is 12.2 Å². The molecule has 0 bridgehead atoms. The molecule has 2 aromatic rings. The monoisotopic (exact) mass is 303 g/mol. The fourth-order valence-electron chi connectivity index (χ4n) is 0.842. The van der Waals surface area contributed by atoms with Crippen LogP contribution in [0.5, 0.6) is 12.2 Å². The van der Waals surface area contributed by atoms with E-state index >= 15 is 0 Å². The number of ether oxygens (including phenoxy) is 2. The highest BCUT2D eigenvalue weighted by atomic mass is 31.1. The molecule has 0 atom stereocenters. The van der Waals surface area contributed by atoms with Crippen LogP contribution in [0.15, 0.2) is 33.8 Å². The highest BCUT2D eigenvalue weighted by molar-refractivity contribution is 7.34. The summed E-state index contributed by atoms with van der Waals surface area (Å²) in [5, 5.41) is 0. The van der Waals surface area contributed by atoms with Gasteiger partial charge in [0, 0.05) is 4.57 Å². The molecule has 0 saturated heterocycles. The molecule has 0 aliphatic heterocycles. The maximum atomic E-state index is 11.1. The molecule has 0 aromatic carbocycles. The summed E-state index contributed by atoms with van der Waals surface area (Å²) in [6.07, 6.45) is 0.913. The zero-order chi connectivity index (χ0) is 14.4. The van der Waals surface area contributed by atoms with Crippen LogP contribution < -0.4 is 9.47 Å². The third-order valence-electron chi connectivity index (χ3n) is 1.46. The Morgan fingerprint density at radius 1 is 0.950 bits per heavy atom. The topological polar surface area (TPSA) is 140 Å². The summed E-state index contributed by atoms with van der Waals surface area (Å²) < 4.78 is 37.1. The summed E-state index contributed by atoms with van der Waals surface area (Å²) in [5.74, 6) is 0. The van der Waals surface area contributed by atoms with E-state index in [4.69, 9.17) is 0 Å². The van der Waals surface area contributed by atoms with Gasteiger partial charge in [-0.2, -0.15) is 19.6 Å². The van der Waals surface area contributed by atoms with Crippen LogP contribution in [0.25, 0.3) is 0 Å². The Kier molecular flexibility index (Phi) is 4.24. The Bertz CT molecular complexity index is 541. The van der Waals surface area contributed by atoms with E-state index in [1.54, 1.807) is 0 Å². The molecule has 0 saturated carbocycles. The van der Waals surface area contributed by atoms with Gasteiger partial charge in [-0.3, -0.25) is 0 Å². The molecule has 0 radical (unpaired) electrons. The van der Waals surface area contributed by atoms with Crippen LogP contribution in [0.2, 0.25) is 0 Å². The fourth-order valence-corrected chi connectivity index (χ4v) is 1.20. The molecule has 0 unspecified atom stereocenters. The highest BCUT2D eigenvalue weighted by Gasteiger charge is 2.35. The van der Waals surface area contributed by atoms with Gasteiger partial charge in [0.1, 0.15) is 12.5 Å². The van der Waals surface area contributed by atoms with Gasteiger partial charge in [0.2, 0.25) is 0 Å². The van der Waals surface area contributed by atoms with Crippen molar-refractivity contribution in [3.63, 3.8) is 0 Å². The predicted octanol–water partition coefficient (Wildman–Crippen LogP) is 2.05. The SMILES string of the molecule is O=C(Oc1ncco1)O[P+](=O)OC(=O)Oc1ncco1. The molecule has 0 amide bonds. The average molecular weight is 303 g/mol. The number of aromatic nitrogens is 2. The highest BCUT2D eigenvalue weighted by Crippen LogP contribution is 2.26. The second kappa shape index (κ2) is 6.29. The van der Waals surface area contributed by atoms with E-state index in [0.29, 0.717) is 0 Å². The van der Waals surface area contributed by atoms with E-state index < -0.39 is 32.7 Å². The van der Waals surface area contributed by atoms with Gasteiger partial charge in [-0.05, 0) is 0 Å². The van der Waals surface area contributed by atoms with Gasteiger partial charge < -0.3 is 18.3 Å². The van der Waals surface area contributed by atoms with Crippen molar-refractivity contribution in [1.29, 1.82) is 0 Å². The fraction of sp³-hybridized carbons (Fsp3) is 0. The van der Waals surface area contributed by atoms with Crippen LogP contribution >= 0.6 is 8.25 Å². The maximum absolute atomic E-state index is 11.1. The Labute approximate surface area is 110 Å². The molecule has 0 N–H and O–H groups in total. The van der Waals surface area contributed by atoms with Crippen LogP contribution in [-0.4, -0.2) is 22.3 Å². The first-order chi connectivity index (χ1) is 9.63. The predicted molar refractivity (Wildman–Crippen MR) is 54.8 cm³/mol. The number of hydrogen-bond donors (Lipinski definition) is 0. The van der Waals surface area contributed by atoms with Crippen molar-refractivity contribution >= 4 is 20.6 Å². The molecule has 2 aromatic heterocycles. The zero-order valence-corrected chi connectivity index (χ0v) is 10.2. The summed E-state index contributed by atoms with van der Waals surface area (Å²) in [6.45, 7) is 0. The number of carbonyl (C=O) groups excluding carboxylic acids is 2. The van der Waals surface area contributed by atoms with Gasteiger partial charge in [0.15, 0.2) is 0 Å². The number of carbonyl (C=O) groups is 2. The van der Waals surface area contributed by atoms with Crippen LogP contribution in [0.1, 0.15) is 0 Å². The zero-order valence-electron chi connectivity index (χ0n) is 9.33. The van der Waals surface area contributed by atoms with Gasteiger partial charge in [-0.25, -0.2) is 0 Å². The molecule has 104 valence electrons. The third kappa shape index (κ3) is 4.07. The van der Waals surface area contributed by atoms with Gasteiger partial charge >= 0.3 is 32.7 Å². The van der Waals surface area contributed by atoms with Crippen molar-refractivity contribution in [2.24, 2.45) is 0 Å². The lowest BCUT2D eigenvalue weighted by molar-refractivity contribution is 0.119. The Balaban J connectivity index is 1.74. The largest absolute Gasteiger partial charge is 0.818 e. The molecule has 0 aliphatic rings. The van der Waals surface area contributed by atoms with Crippen LogP contribution in [0.3, 0.4) is 0 Å². The minimum Gasteiger partial charge on any atom is -0.417 e. The molecule has 12 heteroatoms. The maximum Gasteiger partial charge on any atom is 0.818 e. The van der Waals surface area contributed by atoms with Gasteiger partial charge in [0.05, 0.1) is 12.4 Å². The molecule has 11 nitrogen and oxygen atoms in total. The first kappa shape index (κ1) is 13.5. The molecule has 0 aliphatic carbocycles. The summed E-state index contributed by atoms with van der Waals surface area (Å²) >= 11 is 0. The minimum atomic E-state index is -3.16. The molecule has 0 fully saturated rings. The summed E-state index contributed by atoms with van der Waals surface area (Å²) in [4.78, 5) is 28.9. The quantitative estimate of drug-likeness (QED) is 0.605. The smallest absolute Gasteiger partial charge is 0.417 e. The van der Waals surface area contributed by atoms with Gasteiger partial charge in [-0.1, -0.05) is 0 Å². The molecule has 2 heterocycles. The van der Waals surface area contributed by atoms with Crippen LogP contribution in [-0.2, 0) is 13.6 Å². The van der Waals surface area contributed by atoms with E-state index in [1.807, 2.05) is 0 Å². The third-order valence-corrected chi connectivity index (χ3v) is 2.06.